The molecular weight excluding hydrogens is 392 g/mol. The summed E-state index contributed by atoms with van der Waals surface area (Å²) in [7, 11) is -2.38. The van der Waals surface area contributed by atoms with Gasteiger partial charge < -0.3 is 13.9 Å². The third-order valence-corrected chi connectivity index (χ3v) is 6.88. The average molecular weight is 412 g/mol. The highest BCUT2D eigenvalue weighted by Gasteiger charge is 2.29. The Morgan fingerprint density at radius 2 is 1.86 bits per heavy atom. The molecule has 2 aromatic heterocycles. The van der Waals surface area contributed by atoms with Gasteiger partial charge in [0.25, 0.3) is 5.56 Å². The molecule has 1 aromatic carbocycles. The number of fused-ring (bicyclic) bond motifs is 3. The van der Waals surface area contributed by atoms with Crippen molar-refractivity contribution in [3.8, 4) is 11.4 Å². The molecule has 0 atom stereocenters. The highest BCUT2D eigenvalue weighted by atomic mass is 32.2. The van der Waals surface area contributed by atoms with Crippen molar-refractivity contribution in [3.05, 3.63) is 70.1 Å². The summed E-state index contributed by atoms with van der Waals surface area (Å²) in [4.78, 5) is 25.0. The van der Waals surface area contributed by atoms with Gasteiger partial charge in [-0.25, -0.2) is 13.2 Å². The Labute approximate surface area is 168 Å². The van der Waals surface area contributed by atoms with Crippen molar-refractivity contribution >= 4 is 15.8 Å². The molecule has 0 fully saturated rings. The van der Waals surface area contributed by atoms with Gasteiger partial charge in [-0.1, -0.05) is 18.2 Å². The van der Waals surface area contributed by atoms with Gasteiger partial charge in [0.05, 0.1) is 22.9 Å². The highest BCUT2D eigenvalue weighted by Crippen LogP contribution is 2.32. The molecule has 1 aliphatic heterocycles. The average Bonchev–Trinajstić information content (AvgIpc) is 3.15. The Hall–Kier alpha value is -3.13. The first-order valence-corrected chi connectivity index (χ1v) is 10.7. The number of sulfone groups is 1. The van der Waals surface area contributed by atoms with Crippen molar-refractivity contribution in [3.63, 3.8) is 0 Å². The van der Waals surface area contributed by atoms with Crippen LogP contribution in [-0.2, 0) is 34.6 Å². The number of carbonyl (C=O) groups is 1. The van der Waals surface area contributed by atoms with Crippen LogP contribution in [0, 0.1) is 0 Å². The standard InChI is InChI=1S/C21H20N2O5S/c1-3-28-21(25)17-10-9-16-19-14(11-12-23(16)17)13-18(20(24)22(19)2)29(26,27)15-7-5-4-6-8-15/h4-10,13H,3,11-12H2,1-2H3. The molecule has 3 aromatic rings. The SMILES string of the molecule is CCOC(=O)c1ccc2n1CCc1cc(S(=O)(=O)c3ccccc3)c(=O)n(C)c1-2. The van der Waals surface area contributed by atoms with E-state index >= 15 is 0 Å². The number of hydrogen-bond donors (Lipinski definition) is 0. The Morgan fingerprint density at radius 1 is 1.14 bits per heavy atom. The minimum absolute atomic E-state index is 0.0841. The van der Waals surface area contributed by atoms with Crippen LogP contribution in [-0.4, -0.2) is 30.1 Å². The molecule has 3 heterocycles. The topological polar surface area (TPSA) is 87.4 Å². The van der Waals surface area contributed by atoms with Gasteiger partial charge in [0.1, 0.15) is 10.6 Å². The van der Waals surface area contributed by atoms with Crippen LogP contribution in [0.15, 0.2) is 63.1 Å². The predicted molar refractivity (Wildman–Crippen MR) is 107 cm³/mol. The van der Waals surface area contributed by atoms with Crippen molar-refractivity contribution in [2.45, 2.75) is 29.7 Å². The van der Waals surface area contributed by atoms with Crippen LogP contribution in [0.4, 0.5) is 0 Å². The fraction of sp³-hybridized carbons (Fsp3) is 0.238. The number of hydrogen-bond acceptors (Lipinski definition) is 5. The van der Waals surface area contributed by atoms with Gasteiger partial charge in [-0.2, -0.15) is 0 Å². The molecular formula is C21H20N2O5S. The van der Waals surface area contributed by atoms with Gasteiger partial charge in [-0.15, -0.1) is 0 Å². The molecule has 7 nitrogen and oxygen atoms in total. The number of benzene rings is 1. The van der Waals surface area contributed by atoms with Gasteiger partial charge in [0.2, 0.25) is 9.84 Å². The molecule has 0 aliphatic carbocycles. The van der Waals surface area contributed by atoms with Crippen LogP contribution >= 0.6 is 0 Å². The van der Waals surface area contributed by atoms with Gasteiger partial charge in [0.15, 0.2) is 0 Å². The third-order valence-electron chi connectivity index (χ3n) is 5.12. The molecule has 0 unspecified atom stereocenters. The van der Waals surface area contributed by atoms with Gasteiger partial charge in [0, 0.05) is 13.6 Å². The maximum Gasteiger partial charge on any atom is 0.354 e. The first-order chi connectivity index (χ1) is 13.9. The van der Waals surface area contributed by atoms with E-state index in [9.17, 15) is 18.0 Å². The van der Waals surface area contributed by atoms with E-state index in [-0.39, 0.29) is 16.4 Å². The number of pyridine rings is 1. The smallest absolute Gasteiger partial charge is 0.354 e. The summed E-state index contributed by atoms with van der Waals surface area (Å²) >= 11 is 0. The van der Waals surface area contributed by atoms with E-state index in [2.05, 4.69) is 0 Å². The number of carbonyl (C=O) groups excluding carboxylic acids is 1. The summed E-state index contributed by atoms with van der Waals surface area (Å²) in [5.74, 6) is -0.421. The molecule has 0 saturated heterocycles. The van der Waals surface area contributed by atoms with Gasteiger partial charge in [-0.3, -0.25) is 4.79 Å². The van der Waals surface area contributed by atoms with E-state index in [1.54, 1.807) is 44.3 Å². The van der Waals surface area contributed by atoms with Gasteiger partial charge in [-0.05, 0) is 49.2 Å². The van der Waals surface area contributed by atoms with Crippen LogP contribution < -0.4 is 5.56 Å². The predicted octanol–water partition coefficient (Wildman–Crippen LogP) is 2.42. The number of nitrogens with zero attached hydrogens (tertiary/aromatic N) is 2. The maximum absolute atomic E-state index is 13.0. The molecule has 0 amide bonds. The zero-order valence-corrected chi connectivity index (χ0v) is 16.9. The maximum atomic E-state index is 13.0. The molecule has 4 rings (SSSR count). The van der Waals surface area contributed by atoms with Crippen LogP contribution in [0.25, 0.3) is 11.4 Å². The molecule has 0 spiro atoms. The Balaban J connectivity index is 1.88. The van der Waals surface area contributed by atoms with E-state index in [1.807, 2.05) is 4.57 Å². The third kappa shape index (κ3) is 3.00. The van der Waals surface area contributed by atoms with Crippen molar-refractivity contribution in [1.82, 2.24) is 9.13 Å². The molecule has 1 aliphatic rings. The van der Waals surface area contributed by atoms with Crippen LogP contribution in [0.5, 0.6) is 0 Å². The first-order valence-electron chi connectivity index (χ1n) is 9.26. The molecule has 0 saturated carbocycles. The fourth-order valence-corrected chi connectivity index (χ4v) is 5.18. The monoisotopic (exact) mass is 412 g/mol. The summed E-state index contributed by atoms with van der Waals surface area (Å²) in [6, 6.07) is 12.8. The van der Waals surface area contributed by atoms with E-state index in [0.717, 1.165) is 5.56 Å². The highest BCUT2D eigenvalue weighted by molar-refractivity contribution is 7.91. The van der Waals surface area contributed by atoms with E-state index in [1.165, 1.54) is 22.8 Å². The molecule has 150 valence electrons. The van der Waals surface area contributed by atoms with E-state index < -0.39 is 21.4 Å². The van der Waals surface area contributed by atoms with Crippen LogP contribution in [0.1, 0.15) is 23.0 Å². The molecule has 0 N–H and O–H groups in total. The van der Waals surface area contributed by atoms with Crippen molar-refractivity contribution in [2.24, 2.45) is 7.05 Å². The molecule has 0 bridgehead atoms. The van der Waals surface area contributed by atoms with E-state index in [4.69, 9.17) is 4.74 Å². The van der Waals surface area contributed by atoms with Crippen molar-refractivity contribution in [2.75, 3.05) is 6.61 Å². The summed E-state index contributed by atoms with van der Waals surface area (Å²) < 4.78 is 34.3. The Morgan fingerprint density at radius 3 is 2.55 bits per heavy atom. The molecule has 29 heavy (non-hydrogen) atoms. The number of aromatic nitrogens is 2. The van der Waals surface area contributed by atoms with Gasteiger partial charge >= 0.3 is 5.97 Å². The lowest BCUT2D eigenvalue weighted by Gasteiger charge is -2.24. The summed E-state index contributed by atoms with van der Waals surface area (Å²) in [6.07, 6.45) is 0.495. The second-order valence-electron chi connectivity index (χ2n) is 6.79. The number of aryl methyl sites for hydroxylation is 1. The Bertz CT molecular complexity index is 1270. The molecule has 0 radical (unpaired) electrons. The lowest BCUT2D eigenvalue weighted by molar-refractivity contribution is 0.0513. The summed E-state index contributed by atoms with van der Waals surface area (Å²) in [6.45, 7) is 2.51. The zero-order chi connectivity index (χ0) is 20.8. The van der Waals surface area contributed by atoms with Crippen LogP contribution in [0.3, 0.4) is 0 Å². The number of rotatable bonds is 4. The lowest BCUT2D eigenvalue weighted by atomic mass is 10.0. The largest absolute Gasteiger partial charge is 0.461 e. The Kier molecular flexibility index (Phi) is 4.66. The second kappa shape index (κ2) is 7.04. The van der Waals surface area contributed by atoms with E-state index in [0.29, 0.717) is 30.0 Å². The first kappa shape index (κ1) is 19.2. The zero-order valence-electron chi connectivity index (χ0n) is 16.1. The van der Waals surface area contributed by atoms with Crippen molar-refractivity contribution in [1.29, 1.82) is 0 Å². The minimum atomic E-state index is -3.93. The summed E-state index contributed by atoms with van der Waals surface area (Å²) in [5, 5.41) is 0. The normalized spacial score (nSPS) is 12.9. The fourth-order valence-electron chi connectivity index (χ4n) is 3.75. The second-order valence-corrected chi connectivity index (χ2v) is 8.71. The minimum Gasteiger partial charge on any atom is -0.461 e. The number of esters is 1. The summed E-state index contributed by atoms with van der Waals surface area (Å²) in [5.41, 5.74) is 1.88. The van der Waals surface area contributed by atoms with Crippen LogP contribution in [0.2, 0.25) is 0 Å². The lowest BCUT2D eigenvalue weighted by Crippen LogP contribution is -2.29. The van der Waals surface area contributed by atoms with Crippen molar-refractivity contribution < 1.29 is 17.9 Å². The molecule has 8 heteroatoms. The quantitative estimate of drug-likeness (QED) is 0.614. The number of ether oxygens (including phenoxy) is 1.